The number of nitrogens with zero attached hydrogens (tertiary/aromatic N) is 3. The van der Waals surface area contributed by atoms with Crippen molar-refractivity contribution >= 4 is 5.97 Å². The predicted octanol–water partition coefficient (Wildman–Crippen LogP) is 2.22. The molecule has 0 amide bonds. The van der Waals surface area contributed by atoms with Gasteiger partial charge >= 0.3 is 5.97 Å². The zero-order valence-electron chi connectivity index (χ0n) is 11.1. The lowest BCUT2D eigenvalue weighted by Gasteiger charge is -2.22. The third kappa shape index (κ3) is 2.54. The Balaban J connectivity index is 2.05. The highest BCUT2D eigenvalue weighted by Gasteiger charge is 2.31. The molecule has 1 saturated carbocycles. The second-order valence-electron chi connectivity index (χ2n) is 5.67. The van der Waals surface area contributed by atoms with Crippen LogP contribution in [0.15, 0.2) is 6.33 Å². The van der Waals surface area contributed by atoms with E-state index >= 15 is 0 Å². The van der Waals surface area contributed by atoms with Crippen LogP contribution >= 0.6 is 0 Å². The molecule has 0 saturated heterocycles. The minimum atomic E-state index is -0.978. The monoisotopic (exact) mass is 251 g/mol. The molecule has 0 unspecified atom stereocenters. The smallest absolute Gasteiger partial charge is 0.329 e. The van der Waals surface area contributed by atoms with Gasteiger partial charge < -0.3 is 9.67 Å². The Morgan fingerprint density at radius 2 is 2.17 bits per heavy atom. The SMILES string of the molecule is CC(C)(C(=O)O)n1cnnc1CCC1CCCC1. The van der Waals surface area contributed by atoms with Gasteiger partial charge in [-0.15, -0.1) is 10.2 Å². The number of rotatable bonds is 5. The van der Waals surface area contributed by atoms with Crippen molar-refractivity contribution in [2.24, 2.45) is 5.92 Å². The van der Waals surface area contributed by atoms with Gasteiger partial charge in [0.15, 0.2) is 0 Å². The van der Waals surface area contributed by atoms with Crippen LogP contribution in [-0.4, -0.2) is 25.8 Å². The summed E-state index contributed by atoms with van der Waals surface area (Å²) in [6.45, 7) is 3.36. The molecule has 1 aromatic heterocycles. The average molecular weight is 251 g/mol. The van der Waals surface area contributed by atoms with Gasteiger partial charge in [0, 0.05) is 6.42 Å². The quantitative estimate of drug-likeness (QED) is 0.871. The van der Waals surface area contributed by atoms with E-state index in [1.54, 1.807) is 18.4 Å². The summed E-state index contributed by atoms with van der Waals surface area (Å²) in [5, 5.41) is 17.2. The van der Waals surface area contributed by atoms with Crippen molar-refractivity contribution in [3.8, 4) is 0 Å². The third-order valence-corrected chi connectivity index (χ3v) is 3.99. The van der Waals surface area contributed by atoms with E-state index in [-0.39, 0.29) is 0 Å². The molecule has 0 aromatic carbocycles. The molecular formula is C13H21N3O2. The maximum Gasteiger partial charge on any atom is 0.329 e. The van der Waals surface area contributed by atoms with Crippen LogP contribution in [0.3, 0.4) is 0 Å². The second kappa shape index (κ2) is 5.08. The van der Waals surface area contributed by atoms with Gasteiger partial charge in [-0.3, -0.25) is 0 Å². The minimum absolute atomic E-state index is 0.781. The molecule has 0 radical (unpaired) electrons. The molecule has 100 valence electrons. The molecule has 2 rings (SSSR count). The minimum Gasteiger partial charge on any atom is -0.480 e. The molecule has 1 aliphatic carbocycles. The first-order valence-corrected chi connectivity index (χ1v) is 6.64. The number of aromatic nitrogens is 3. The fourth-order valence-electron chi connectivity index (χ4n) is 2.63. The Labute approximate surface area is 107 Å². The van der Waals surface area contributed by atoms with E-state index in [1.165, 1.54) is 32.0 Å². The molecular weight excluding hydrogens is 230 g/mol. The van der Waals surface area contributed by atoms with E-state index < -0.39 is 11.5 Å². The highest BCUT2D eigenvalue weighted by molar-refractivity contribution is 5.75. The van der Waals surface area contributed by atoms with Gasteiger partial charge in [0.1, 0.15) is 17.7 Å². The number of hydrogen-bond donors (Lipinski definition) is 1. The lowest BCUT2D eigenvalue weighted by Crippen LogP contribution is -2.36. The molecule has 0 aliphatic heterocycles. The zero-order valence-corrected chi connectivity index (χ0v) is 11.1. The summed E-state index contributed by atoms with van der Waals surface area (Å²) in [7, 11) is 0. The van der Waals surface area contributed by atoms with E-state index in [4.69, 9.17) is 0 Å². The summed E-state index contributed by atoms with van der Waals surface area (Å²) in [6.07, 6.45) is 8.71. The fraction of sp³-hybridized carbons (Fsp3) is 0.769. The summed E-state index contributed by atoms with van der Waals surface area (Å²) in [5.41, 5.74) is -0.978. The molecule has 1 heterocycles. The Bertz CT molecular complexity index is 420. The van der Waals surface area contributed by atoms with Crippen molar-refractivity contribution in [1.29, 1.82) is 0 Å². The van der Waals surface area contributed by atoms with Crippen molar-refractivity contribution < 1.29 is 9.90 Å². The molecule has 5 nitrogen and oxygen atoms in total. The van der Waals surface area contributed by atoms with Gasteiger partial charge in [-0.25, -0.2) is 4.79 Å². The van der Waals surface area contributed by atoms with Gasteiger partial charge in [-0.1, -0.05) is 25.7 Å². The van der Waals surface area contributed by atoms with Crippen molar-refractivity contribution in [3.63, 3.8) is 0 Å². The third-order valence-electron chi connectivity index (χ3n) is 3.99. The van der Waals surface area contributed by atoms with E-state index in [9.17, 15) is 9.90 Å². The van der Waals surface area contributed by atoms with Gasteiger partial charge in [-0.2, -0.15) is 0 Å². The van der Waals surface area contributed by atoms with Gasteiger partial charge in [0.2, 0.25) is 0 Å². The van der Waals surface area contributed by atoms with Crippen LogP contribution in [0.2, 0.25) is 0 Å². The number of aryl methyl sites for hydroxylation is 1. The Morgan fingerprint density at radius 1 is 1.50 bits per heavy atom. The average Bonchev–Trinajstić information content (AvgIpc) is 2.97. The zero-order chi connectivity index (χ0) is 13.2. The number of hydrogen-bond acceptors (Lipinski definition) is 3. The van der Waals surface area contributed by atoms with Crippen LogP contribution in [0.4, 0.5) is 0 Å². The standard InChI is InChI=1S/C13H21N3O2/c1-13(2,12(17)18)16-9-14-15-11(16)8-7-10-5-3-4-6-10/h9-10H,3-8H2,1-2H3,(H,17,18). The van der Waals surface area contributed by atoms with Crippen LogP contribution < -0.4 is 0 Å². The first-order chi connectivity index (χ1) is 8.51. The molecule has 1 aromatic rings. The normalized spacial score (nSPS) is 17.2. The van der Waals surface area contributed by atoms with Crippen molar-refractivity contribution in [1.82, 2.24) is 14.8 Å². The Morgan fingerprint density at radius 3 is 2.78 bits per heavy atom. The van der Waals surface area contributed by atoms with Gasteiger partial charge in [0.05, 0.1) is 0 Å². The Hall–Kier alpha value is -1.39. The van der Waals surface area contributed by atoms with Crippen molar-refractivity contribution in [3.05, 3.63) is 12.2 Å². The lowest BCUT2D eigenvalue weighted by molar-refractivity contribution is -0.145. The molecule has 1 N–H and O–H groups in total. The summed E-state index contributed by atoms with van der Waals surface area (Å²) in [6, 6.07) is 0. The fourth-order valence-corrected chi connectivity index (χ4v) is 2.63. The predicted molar refractivity (Wildman–Crippen MR) is 67.3 cm³/mol. The maximum absolute atomic E-state index is 11.3. The first-order valence-electron chi connectivity index (χ1n) is 6.64. The Kier molecular flexibility index (Phi) is 3.68. The highest BCUT2D eigenvalue weighted by Crippen LogP contribution is 2.29. The number of carboxylic acid groups (broad SMARTS) is 1. The summed E-state index contributed by atoms with van der Waals surface area (Å²) < 4.78 is 1.68. The molecule has 0 bridgehead atoms. The van der Waals surface area contributed by atoms with Crippen LogP contribution in [0.25, 0.3) is 0 Å². The van der Waals surface area contributed by atoms with Crippen LogP contribution in [-0.2, 0) is 16.8 Å². The first kappa shape index (κ1) is 13.1. The van der Waals surface area contributed by atoms with Gasteiger partial charge in [-0.05, 0) is 26.2 Å². The topological polar surface area (TPSA) is 68.0 Å². The maximum atomic E-state index is 11.3. The largest absolute Gasteiger partial charge is 0.480 e. The summed E-state index contributed by atoms with van der Waals surface area (Å²) in [4.78, 5) is 11.3. The van der Waals surface area contributed by atoms with Crippen molar-refractivity contribution in [2.45, 2.75) is 57.9 Å². The lowest BCUT2D eigenvalue weighted by atomic mass is 10.0. The molecule has 1 aliphatic rings. The molecule has 18 heavy (non-hydrogen) atoms. The summed E-state index contributed by atoms with van der Waals surface area (Å²) >= 11 is 0. The van der Waals surface area contributed by atoms with Crippen LogP contribution in [0.5, 0.6) is 0 Å². The van der Waals surface area contributed by atoms with E-state index in [0.29, 0.717) is 0 Å². The molecule has 0 spiro atoms. The second-order valence-corrected chi connectivity index (χ2v) is 5.67. The highest BCUT2D eigenvalue weighted by atomic mass is 16.4. The molecule has 0 atom stereocenters. The van der Waals surface area contributed by atoms with Crippen molar-refractivity contribution in [2.75, 3.05) is 0 Å². The summed E-state index contributed by atoms with van der Waals surface area (Å²) in [5.74, 6) is 0.710. The van der Waals surface area contributed by atoms with E-state index in [2.05, 4.69) is 10.2 Å². The van der Waals surface area contributed by atoms with Gasteiger partial charge in [0.25, 0.3) is 0 Å². The number of aliphatic carboxylic acids is 1. The van der Waals surface area contributed by atoms with E-state index in [1.807, 2.05) is 0 Å². The number of carboxylic acids is 1. The number of carbonyl (C=O) groups is 1. The van der Waals surface area contributed by atoms with E-state index in [0.717, 1.165) is 24.6 Å². The molecule has 5 heteroatoms. The molecule has 1 fully saturated rings. The van der Waals surface area contributed by atoms with Crippen LogP contribution in [0, 0.1) is 5.92 Å². The van der Waals surface area contributed by atoms with Crippen LogP contribution in [0.1, 0.15) is 51.8 Å².